The van der Waals surface area contributed by atoms with Crippen LogP contribution in [-0.2, 0) is 4.74 Å². The van der Waals surface area contributed by atoms with Crippen LogP contribution in [0.3, 0.4) is 0 Å². The van der Waals surface area contributed by atoms with Crippen LogP contribution in [0.5, 0.6) is 0 Å². The van der Waals surface area contributed by atoms with Gasteiger partial charge in [-0.15, -0.1) is 0 Å². The van der Waals surface area contributed by atoms with E-state index in [1.165, 1.54) is 5.56 Å². The van der Waals surface area contributed by atoms with Gasteiger partial charge in [-0.3, -0.25) is 0 Å². The molecule has 1 N–H and O–H groups in total. The molecule has 2 heteroatoms. The van der Waals surface area contributed by atoms with Crippen molar-refractivity contribution in [2.45, 2.75) is 51.9 Å². The lowest BCUT2D eigenvalue weighted by atomic mass is 9.63. The van der Waals surface area contributed by atoms with Gasteiger partial charge < -0.3 is 9.84 Å². The highest BCUT2D eigenvalue weighted by Gasteiger charge is 2.51. The third kappa shape index (κ3) is 2.24. The largest absolute Gasteiger partial charge is 0.392 e. The molecule has 2 rings (SSSR count). The van der Waals surface area contributed by atoms with E-state index >= 15 is 0 Å². The van der Waals surface area contributed by atoms with Gasteiger partial charge in [0.1, 0.15) is 0 Å². The molecular weight excluding hydrogens is 212 g/mol. The molecule has 1 aliphatic rings. The minimum Gasteiger partial charge on any atom is -0.392 e. The number of benzene rings is 1. The molecule has 17 heavy (non-hydrogen) atoms. The van der Waals surface area contributed by atoms with Crippen LogP contribution in [0.15, 0.2) is 30.3 Å². The molecule has 0 saturated heterocycles. The number of aliphatic hydroxyl groups excluding tert-OH is 1. The smallest absolute Gasteiger partial charge is 0.0800 e. The molecule has 2 nitrogen and oxygen atoms in total. The second-order valence-electron chi connectivity index (χ2n) is 5.29. The Morgan fingerprint density at radius 3 is 2.59 bits per heavy atom. The Kier molecular flexibility index (Phi) is 3.55. The Morgan fingerprint density at radius 1 is 1.41 bits per heavy atom. The van der Waals surface area contributed by atoms with E-state index in [-0.39, 0.29) is 23.7 Å². The SMILES string of the molecule is CCC1(C)C(O)CC1OC(C)c1ccccc1. The fraction of sp³-hybridized carbons (Fsp3) is 0.600. The van der Waals surface area contributed by atoms with Crippen LogP contribution in [0, 0.1) is 5.41 Å². The Morgan fingerprint density at radius 2 is 2.06 bits per heavy atom. The van der Waals surface area contributed by atoms with Crippen LogP contribution in [0.1, 0.15) is 45.3 Å². The summed E-state index contributed by atoms with van der Waals surface area (Å²) in [7, 11) is 0. The van der Waals surface area contributed by atoms with E-state index in [0.29, 0.717) is 0 Å². The third-order valence-corrected chi connectivity index (χ3v) is 4.33. The normalized spacial score (nSPS) is 34.1. The van der Waals surface area contributed by atoms with Crippen molar-refractivity contribution in [1.29, 1.82) is 0 Å². The lowest BCUT2D eigenvalue weighted by Crippen LogP contribution is -2.56. The molecular formula is C15H22O2. The Bertz CT molecular complexity index is 362. The summed E-state index contributed by atoms with van der Waals surface area (Å²) in [5, 5.41) is 9.84. The van der Waals surface area contributed by atoms with Crippen molar-refractivity contribution in [1.82, 2.24) is 0 Å². The molecule has 0 radical (unpaired) electrons. The van der Waals surface area contributed by atoms with Crippen LogP contribution >= 0.6 is 0 Å². The topological polar surface area (TPSA) is 29.5 Å². The summed E-state index contributed by atoms with van der Waals surface area (Å²) < 4.78 is 6.09. The van der Waals surface area contributed by atoms with Crippen molar-refractivity contribution >= 4 is 0 Å². The van der Waals surface area contributed by atoms with Crippen LogP contribution in [0.2, 0.25) is 0 Å². The van der Waals surface area contributed by atoms with Crippen molar-refractivity contribution in [3.05, 3.63) is 35.9 Å². The summed E-state index contributed by atoms with van der Waals surface area (Å²) in [6.45, 7) is 6.31. The van der Waals surface area contributed by atoms with Gasteiger partial charge in [-0.1, -0.05) is 44.2 Å². The van der Waals surface area contributed by atoms with E-state index in [2.05, 4.69) is 32.9 Å². The first-order chi connectivity index (χ1) is 8.08. The van der Waals surface area contributed by atoms with Gasteiger partial charge in [0.05, 0.1) is 18.3 Å². The zero-order valence-electron chi connectivity index (χ0n) is 10.9. The molecule has 0 amide bonds. The fourth-order valence-electron chi connectivity index (χ4n) is 2.52. The first-order valence-corrected chi connectivity index (χ1v) is 6.46. The molecule has 0 heterocycles. The molecule has 0 bridgehead atoms. The number of ether oxygens (including phenoxy) is 1. The lowest BCUT2D eigenvalue weighted by Gasteiger charge is -2.51. The van der Waals surface area contributed by atoms with Crippen molar-refractivity contribution in [2.24, 2.45) is 5.41 Å². The number of rotatable bonds is 4. The Labute approximate surface area is 104 Å². The maximum absolute atomic E-state index is 9.84. The summed E-state index contributed by atoms with van der Waals surface area (Å²) in [5.41, 5.74) is 1.13. The monoisotopic (exact) mass is 234 g/mol. The van der Waals surface area contributed by atoms with Crippen molar-refractivity contribution in [3.63, 3.8) is 0 Å². The van der Waals surface area contributed by atoms with Gasteiger partial charge in [0.15, 0.2) is 0 Å². The minimum absolute atomic E-state index is 0.0664. The standard InChI is InChI=1S/C15H22O2/c1-4-15(3)13(16)10-14(15)17-11(2)12-8-6-5-7-9-12/h5-9,11,13-14,16H,4,10H2,1-3H3. The molecule has 1 saturated carbocycles. The number of hydrogen-bond donors (Lipinski definition) is 1. The second-order valence-corrected chi connectivity index (χ2v) is 5.29. The van der Waals surface area contributed by atoms with Gasteiger partial charge in [-0.05, 0) is 18.9 Å². The van der Waals surface area contributed by atoms with Gasteiger partial charge in [-0.25, -0.2) is 0 Å². The molecule has 1 aliphatic carbocycles. The van der Waals surface area contributed by atoms with E-state index in [1.807, 2.05) is 18.2 Å². The van der Waals surface area contributed by atoms with Gasteiger partial charge in [-0.2, -0.15) is 0 Å². The van der Waals surface area contributed by atoms with Gasteiger partial charge >= 0.3 is 0 Å². The first kappa shape index (κ1) is 12.6. The highest BCUT2D eigenvalue weighted by atomic mass is 16.5. The first-order valence-electron chi connectivity index (χ1n) is 6.46. The van der Waals surface area contributed by atoms with Crippen LogP contribution in [-0.4, -0.2) is 17.3 Å². The van der Waals surface area contributed by atoms with Crippen molar-refractivity contribution < 1.29 is 9.84 Å². The molecule has 0 aliphatic heterocycles. The zero-order chi connectivity index (χ0) is 12.5. The predicted octanol–water partition coefficient (Wildman–Crippen LogP) is 3.31. The summed E-state index contributed by atoms with van der Waals surface area (Å²) in [5.74, 6) is 0. The van der Waals surface area contributed by atoms with E-state index in [9.17, 15) is 5.11 Å². The zero-order valence-corrected chi connectivity index (χ0v) is 10.9. The summed E-state index contributed by atoms with van der Waals surface area (Å²) >= 11 is 0. The predicted molar refractivity (Wildman–Crippen MR) is 68.8 cm³/mol. The average molecular weight is 234 g/mol. The molecule has 1 aromatic rings. The highest BCUT2D eigenvalue weighted by molar-refractivity contribution is 5.17. The van der Waals surface area contributed by atoms with Crippen LogP contribution < -0.4 is 0 Å². The summed E-state index contributed by atoms with van der Waals surface area (Å²) in [4.78, 5) is 0. The average Bonchev–Trinajstić information content (AvgIpc) is 2.38. The molecule has 0 aromatic heterocycles. The van der Waals surface area contributed by atoms with Crippen LogP contribution in [0.25, 0.3) is 0 Å². The summed E-state index contributed by atoms with van der Waals surface area (Å²) in [6, 6.07) is 10.2. The lowest BCUT2D eigenvalue weighted by molar-refractivity contribution is -0.202. The highest BCUT2D eigenvalue weighted by Crippen LogP contribution is 2.47. The molecule has 1 aromatic carbocycles. The fourth-order valence-corrected chi connectivity index (χ4v) is 2.52. The van der Waals surface area contributed by atoms with E-state index < -0.39 is 0 Å². The van der Waals surface area contributed by atoms with Crippen LogP contribution in [0.4, 0.5) is 0 Å². The Balaban J connectivity index is 1.99. The second kappa shape index (κ2) is 4.79. The molecule has 1 fully saturated rings. The number of aliphatic hydroxyl groups is 1. The maximum atomic E-state index is 9.84. The van der Waals surface area contributed by atoms with Crippen molar-refractivity contribution in [3.8, 4) is 0 Å². The molecule has 4 unspecified atom stereocenters. The van der Waals surface area contributed by atoms with E-state index in [4.69, 9.17) is 4.74 Å². The molecule has 0 spiro atoms. The van der Waals surface area contributed by atoms with Crippen molar-refractivity contribution in [2.75, 3.05) is 0 Å². The number of hydrogen-bond acceptors (Lipinski definition) is 2. The maximum Gasteiger partial charge on any atom is 0.0800 e. The molecule has 4 atom stereocenters. The Hall–Kier alpha value is -0.860. The quantitative estimate of drug-likeness (QED) is 0.866. The van der Waals surface area contributed by atoms with Gasteiger partial charge in [0.2, 0.25) is 0 Å². The third-order valence-electron chi connectivity index (χ3n) is 4.33. The van der Waals surface area contributed by atoms with E-state index in [1.54, 1.807) is 0 Å². The summed E-state index contributed by atoms with van der Waals surface area (Å²) in [6.07, 6.45) is 1.79. The van der Waals surface area contributed by atoms with Gasteiger partial charge in [0, 0.05) is 11.8 Å². The molecule has 94 valence electrons. The minimum atomic E-state index is -0.208. The van der Waals surface area contributed by atoms with E-state index in [0.717, 1.165) is 12.8 Å². The van der Waals surface area contributed by atoms with Gasteiger partial charge in [0.25, 0.3) is 0 Å².